The van der Waals surface area contributed by atoms with Gasteiger partial charge in [0, 0.05) is 26.2 Å². The summed E-state index contributed by atoms with van der Waals surface area (Å²) < 4.78 is 0. The van der Waals surface area contributed by atoms with Crippen LogP contribution in [-0.4, -0.2) is 41.7 Å². The predicted octanol–water partition coefficient (Wildman–Crippen LogP) is 1.67. The molecule has 0 bridgehead atoms. The van der Waals surface area contributed by atoms with Crippen molar-refractivity contribution in [3.05, 3.63) is 35.4 Å². The first-order valence-electron chi connectivity index (χ1n) is 6.84. The van der Waals surface area contributed by atoms with Crippen LogP contribution in [0.1, 0.15) is 30.9 Å². The number of rotatable bonds is 4. The van der Waals surface area contributed by atoms with E-state index in [1.807, 2.05) is 4.90 Å². The zero-order valence-electron chi connectivity index (χ0n) is 11.6. The number of hydrogen-bond acceptors (Lipinski definition) is 3. The molecule has 4 nitrogen and oxygen atoms in total. The molecule has 0 spiro atoms. The summed E-state index contributed by atoms with van der Waals surface area (Å²) in [7, 11) is 0. The van der Waals surface area contributed by atoms with Gasteiger partial charge in [-0.25, -0.2) is 0 Å². The molecular weight excluding hydrogens is 240 g/mol. The maximum absolute atomic E-state index is 11.2. The molecule has 19 heavy (non-hydrogen) atoms. The fourth-order valence-corrected chi connectivity index (χ4v) is 2.42. The summed E-state index contributed by atoms with van der Waals surface area (Å²) in [4.78, 5) is 13.2. The highest BCUT2D eigenvalue weighted by molar-refractivity contribution is 5.74. The molecule has 1 aromatic rings. The molecule has 1 fully saturated rings. The SMILES string of the molecule is CC(C)c1ccc(CN2CCNCC2C(=O)O)cc1. The molecule has 2 N–H and O–H groups in total. The molecule has 0 aliphatic carbocycles. The highest BCUT2D eigenvalue weighted by Crippen LogP contribution is 2.16. The minimum atomic E-state index is -0.744. The van der Waals surface area contributed by atoms with E-state index in [0.29, 0.717) is 19.0 Å². The Labute approximate surface area is 114 Å². The highest BCUT2D eigenvalue weighted by Gasteiger charge is 2.27. The van der Waals surface area contributed by atoms with Gasteiger partial charge in [0.1, 0.15) is 6.04 Å². The van der Waals surface area contributed by atoms with Crippen LogP contribution in [0.15, 0.2) is 24.3 Å². The molecule has 0 amide bonds. The maximum Gasteiger partial charge on any atom is 0.322 e. The Hall–Kier alpha value is -1.39. The monoisotopic (exact) mass is 262 g/mol. The Bertz CT molecular complexity index is 428. The Kier molecular flexibility index (Phi) is 4.56. The van der Waals surface area contributed by atoms with Crippen LogP contribution in [0.3, 0.4) is 0 Å². The van der Waals surface area contributed by atoms with E-state index >= 15 is 0 Å². The summed E-state index contributed by atoms with van der Waals surface area (Å²) in [5, 5.41) is 12.4. The molecular formula is C15H22N2O2. The molecule has 1 unspecified atom stereocenters. The minimum absolute atomic E-state index is 0.418. The van der Waals surface area contributed by atoms with Crippen molar-refractivity contribution in [2.45, 2.75) is 32.4 Å². The number of carbonyl (C=O) groups is 1. The highest BCUT2D eigenvalue weighted by atomic mass is 16.4. The number of carboxylic acids is 1. The Morgan fingerprint density at radius 1 is 1.42 bits per heavy atom. The van der Waals surface area contributed by atoms with Crippen molar-refractivity contribution in [2.75, 3.05) is 19.6 Å². The van der Waals surface area contributed by atoms with Crippen molar-refractivity contribution in [3.63, 3.8) is 0 Å². The number of hydrogen-bond donors (Lipinski definition) is 2. The Morgan fingerprint density at radius 2 is 2.11 bits per heavy atom. The topological polar surface area (TPSA) is 52.6 Å². The molecule has 4 heteroatoms. The summed E-state index contributed by atoms with van der Waals surface area (Å²) in [5.74, 6) is -0.217. The van der Waals surface area contributed by atoms with Crippen LogP contribution >= 0.6 is 0 Å². The number of carboxylic acid groups (broad SMARTS) is 1. The quantitative estimate of drug-likeness (QED) is 0.866. The fourth-order valence-electron chi connectivity index (χ4n) is 2.42. The number of nitrogens with one attached hydrogen (secondary N) is 1. The van der Waals surface area contributed by atoms with Gasteiger partial charge in [-0.1, -0.05) is 38.1 Å². The molecule has 1 aliphatic heterocycles. The third kappa shape index (κ3) is 3.55. The summed E-state index contributed by atoms with van der Waals surface area (Å²) in [5.41, 5.74) is 2.50. The van der Waals surface area contributed by atoms with E-state index in [0.717, 1.165) is 13.1 Å². The van der Waals surface area contributed by atoms with E-state index in [4.69, 9.17) is 0 Å². The van der Waals surface area contributed by atoms with Gasteiger partial charge >= 0.3 is 5.97 Å². The van der Waals surface area contributed by atoms with E-state index in [2.05, 4.69) is 43.4 Å². The van der Waals surface area contributed by atoms with Gasteiger partial charge in [-0.2, -0.15) is 0 Å². The van der Waals surface area contributed by atoms with Crippen molar-refractivity contribution in [1.82, 2.24) is 10.2 Å². The van der Waals surface area contributed by atoms with Crippen LogP contribution in [0.4, 0.5) is 0 Å². The van der Waals surface area contributed by atoms with Crippen molar-refractivity contribution < 1.29 is 9.90 Å². The lowest BCUT2D eigenvalue weighted by molar-refractivity contribution is -0.144. The standard InChI is InChI=1S/C15H22N2O2/c1-11(2)13-5-3-12(4-6-13)10-17-8-7-16-9-14(17)15(18)19/h3-6,11,14,16H,7-10H2,1-2H3,(H,18,19). The second-order valence-electron chi connectivity index (χ2n) is 5.42. The number of benzene rings is 1. The summed E-state index contributed by atoms with van der Waals surface area (Å²) in [6, 6.07) is 8.07. The van der Waals surface area contributed by atoms with Crippen LogP contribution in [0, 0.1) is 0 Å². The van der Waals surface area contributed by atoms with Crippen LogP contribution in [0.25, 0.3) is 0 Å². The summed E-state index contributed by atoms with van der Waals surface area (Å²) in [6.45, 7) is 7.21. The van der Waals surface area contributed by atoms with Gasteiger partial charge in [-0.15, -0.1) is 0 Å². The average molecular weight is 262 g/mol. The van der Waals surface area contributed by atoms with E-state index in [1.54, 1.807) is 0 Å². The van der Waals surface area contributed by atoms with Gasteiger partial charge < -0.3 is 10.4 Å². The molecule has 1 aliphatic rings. The predicted molar refractivity (Wildman–Crippen MR) is 75.2 cm³/mol. The van der Waals surface area contributed by atoms with Gasteiger partial charge in [0.25, 0.3) is 0 Å². The Morgan fingerprint density at radius 3 is 2.68 bits per heavy atom. The van der Waals surface area contributed by atoms with E-state index in [9.17, 15) is 9.90 Å². The van der Waals surface area contributed by atoms with E-state index in [-0.39, 0.29) is 0 Å². The fraction of sp³-hybridized carbons (Fsp3) is 0.533. The molecule has 0 aromatic heterocycles. The maximum atomic E-state index is 11.2. The molecule has 1 aromatic carbocycles. The van der Waals surface area contributed by atoms with Gasteiger partial charge in [-0.3, -0.25) is 9.69 Å². The van der Waals surface area contributed by atoms with Crippen molar-refractivity contribution in [3.8, 4) is 0 Å². The van der Waals surface area contributed by atoms with Crippen molar-refractivity contribution >= 4 is 5.97 Å². The lowest BCUT2D eigenvalue weighted by Gasteiger charge is -2.33. The van der Waals surface area contributed by atoms with Gasteiger partial charge in [0.2, 0.25) is 0 Å². The molecule has 1 atom stereocenters. The first-order valence-corrected chi connectivity index (χ1v) is 6.84. The van der Waals surface area contributed by atoms with Crippen molar-refractivity contribution in [2.24, 2.45) is 0 Å². The normalized spacial score (nSPS) is 20.7. The molecule has 0 saturated carbocycles. The average Bonchev–Trinajstić information content (AvgIpc) is 2.39. The zero-order chi connectivity index (χ0) is 13.8. The molecule has 2 rings (SSSR count). The first kappa shape index (κ1) is 14.0. The minimum Gasteiger partial charge on any atom is -0.480 e. The number of piperazine rings is 1. The van der Waals surface area contributed by atoms with Crippen LogP contribution in [0.2, 0.25) is 0 Å². The van der Waals surface area contributed by atoms with Crippen LogP contribution < -0.4 is 5.32 Å². The molecule has 1 heterocycles. The zero-order valence-corrected chi connectivity index (χ0v) is 11.6. The Balaban J connectivity index is 2.04. The number of nitrogens with zero attached hydrogens (tertiary/aromatic N) is 1. The molecule has 1 saturated heterocycles. The van der Waals surface area contributed by atoms with Crippen LogP contribution in [-0.2, 0) is 11.3 Å². The molecule has 104 valence electrons. The van der Waals surface area contributed by atoms with Gasteiger partial charge in [-0.05, 0) is 17.0 Å². The lowest BCUT2D eigenvalue weighted by Crippen LogP contribution is -2.54. The van der Waals surface area contributed by atoms with Crippen molar-refractivity contribution in [1.29, 1.82) is 0 Å². The van der Waals surface area contributed by atoms with E-state index < -0.39 is 12.0 Å². The smallest absolute Gasteiger partial charge is 0.322 e. The van der Waals surface area contributed by atoms with E-state index in [1.165, 1.54) is 11.1 Å². The van der Waals surface area contributed by atoms with Gasteiger partial charge in [0.15, 0.2) is 0 Å². The summed E-state index contributed by atoms with van der Waals surface area (Å²) >= 11 is 0. The second kappa shape index (κ2) is 6.17. The largest absolute Gasteiger partial charge is 0.480 e. The third-order valence-electron chi connectivity index (χ3n) is 3.67. The lowest BCUT2D eigenvalue weighted by atomic mass is 10.0. The third-order valence-corrected chi connectivity index (χ3v) is 3.67. The first-order chi connectivity index (χ1) is 9.08. The summed E-state index contributed by atoms with van der Waals surface area (Å²) in [6.07, 6.45) is 0. The molecule has 0 radical (unpaired) electrons. The van der Waals surface area contributed by atoms with Gasteiger partial charge in [0.05, 0.1) is 0 Å². The number of aliphatic carboxylic acids is 1. The second-order valence-corrected chi connectivity index (χ2v) is 5.42. The van der Waals surface area contributed by atoms with Crippen LogP contribution in [0.5, 0.6) is 0 Å².